The number of rotatable bonds is 7. The van der Waals surface area contributed by atoms with Crippen LogP contribution in [0.25, 0.3) is 0 Å². The summed E-state index contributed by atoms with van der Waals surface area (Å²) in [6.07, 6.45) is 0.698. The highest BCUT2D eigenvalue weighted by Gasteiger charge is 2.21. The lowest BCUT2D eigenvalue weighted by Crippen LogP contribution is -2.49. The van der Waals surface area contributed by atoms with Gasteiger partial charge in [0.05, 0.1) is 26.6 Å². The zero-order valence-electron chi connectivity index (χ0n) is 12.8. The van der Waals surface area contributed by atoms with E-state index in [1.165, 1.54) is 7.11 Å². The molecule has 120 valence electrons. The number of carbonyl (C=O) groups is 3. The lowest BCUT2D eigenvalue weighted by atomic mass is 10.2. The van der Waals surface area contributed by atoms with Crippen molar-refractivity contribution in [1.29, 1.82) is 0 Å². The van der Waals surface area contributed by atoms with Gasteiger partial charge in [0.2, 0.25) is 5.91 Å². The van der Waals surface area contributed by atoms with Crippen LogP contribution in [-0.2, 0) is 23.9 Å². The Morgan fingerprint density at radius 1 is 0.952 bits per heavy atom. The smallest absolute Gasteiger partial charge is 0.306 e. The van der Waals surface area contributed by atoms with Crippen molar-refractivity contribution in [3.63, 3.8) is 0 Å². The van der Waals surface area contributed by atoms with Crippen molar-refractivity contribution in [3.05, 3.63) is 0 Å². The number of hydrogen-bond donors (Lipinski definition) is 0. The van der Waals surface area contributed by atoms with Gasteiger partial charge in [-0.3, -0.25) is 19.3 Å². The molecule has 0 spiro atoms. The molecule has 0 aromatic rings. The van der Waals surface area contributed by atoms with Crippen molar-refractivity contribution in [2.75, 3.05) is 46.4 Å². The molecule has 1 fully saturated rings. The average Bonchev–Trinajstić information content (AvgIpc) is 2.51. The van der Waals surface area contributed by atoms with Crippen LogP contribution in [0.5, 0.6) is 0 Å². The van der Waals surface area contributed by atoms with Crippen LogP contribution in [-0.4, -0.2) is 74.1 Å². The molecule has 0 saturated carbocycles. The number of esters is 2. The number of methoxy groups -OCH3 is 1. The van der Waals surface area contributed by atoms with Gasteiger partial charge in [-0.2, -0.15) is 0 Å². The third kappa shape index (κ3) is 6.57. The first-order chi connectivity index (χ1) is 10.1. The summed E-state index contributed by atoms with van der Waals surface area (Å²) in [7, 11) is 1.38. The monoisotopic (exact) mass is 300 g/mol. The van der Waals surface area contributed by atoms with Crippen LogP contribution in [0.15, 0.2) is 0 Å². The lowest BCUT2D eigenvalue weighted by Gasteiger charge is -2.34. The minimum Gasteiger partial charge on any atom is -0.469 e. The Labute approximate surface area is 125 Å². The molecule has 7 heteroatoms. The van der Waals surface area contributed by atoms with Crippen molar-refractivity contribution >= 4 is 17.8 Å². The Balaban J connectivity index is 2.21. The van der Waals surface area contributed by atoms with E-state index in [-0.39, 0.29) is 30.7 Å². The first-order valence-corrected chi connectivity index (χ1v) is 7.29. The molecule has 1 heterocycles. The van der Waals surface area contributed by atoms with E-state index in [2.05, 4.69) is 9.64 Å². The molecule has 1 aliphatic rings. The molecule has 1 amide bonds. The first kappa shape index (κ1) is 17.4. The Bertz CT molecular complexity index is 364. The van der Waals surface area contributed by atoms with Gasteiger partial charge in [-0.05, 0) is 6.92 Å². The van der Waals surface area contributed by atoms with Gasteiger partial charge >= 0.3 is 11.9 Å². The summed E-state index contributed by atoms with van der Waals surface area (Å²) >= 11 is 0. The summed E-state index contributed by atoms with van der Waals surface area (Å²) in [5.74, 6) is -0.568. The Hall–Kier alpha value is -1.63. The van der Waals surface area contributed by atoms with E-state index in [1.807, 2.05) is 0 Å². The zero-order valence-corrected chi connectivity index (χ0v) is 12.8. The molecular formula is C14H24N2O5. The number of piperazine rings is 1. The first-order valence-electron chi connectivity index (χ1n) is 7.29. The average molecular weight is 300 g/mol. The topological polar surface area (TPSA) is 76.2 Å². The lowest BCUT2D eigenvalue weighted by molar-refractivity contribution is -0.146. The van der Waals surface area contributed by atoms with Gasteiger partial charge < -0.3 is 14.4 Å². The quantitative estimate of drug-likeness (QED) is 0.618. The van der Waals surface area contributed by atoms with Crippen LogP contribution in [0.3, 0.4) is 0 Å². The van der Waals surface area contributed by atoms with Gasteiger partial charge in [-0.25, -0.2) is 0 Å². The summed E-state index contributed by atoms with van der Waals surface area (Å²) < 4.78 is 9.40. The highest BCUT2D eigenvalue weighted by atomic mass is 16.5. The van der Waals surface area contributed by atoms with E-state index in [9.17, 15) is 14.4 Å². The highest BCUT2D eigenvalue weighted by molar-refractivity contribution is 5.81. The predicted octanol–water partition coefficient (Wildman–Crippen LogP) is 0.0370. The van der Waals surface area contributed by atoms with E-state index in [0.717, 1.165) is 13.1 Å². The summed E-state index contributed by atoms with van der Waals surface area (Å²) in [4.78, 5) is 38.1. The van der Waals surface area contributed by atoms with Crippen molar-refractivity contribution in [2.45, 2.75) is 26.2 Å². The molecule has 7 nitrogen and oxygen atoms in total. The second-order valence-corrected chi connectivity index (χ2v) is 4.85. The molecule has 1 saturated heterocycles. The van der Waals surface area contributed by atoms with E-state index in [4.69, 9.17) is 4.74 Å². The summed E-state index contributed by atoms with van der Waals surface area (Å²) in [5, 5.41) is 0. The van der Waals surface area contributed by atoms with Crippen LogP contribution in [0.2, 0.25) is 0 Å². The highest BCUT2D eigenvalue weighted by Crippen LogP contribution is 2.06. The van der Waals surface area contributed by atoms with Crippen molar-refractivity contribution in [3.8, 4) is 0 Å². The number of carbonyl (C=O) groups excluding carboxylic acids is 3. The fraction of sp³-hybridized carbons (Fsp3) is 0.786. The van der Waals surface area contributed by atoms with E-state index < -0.39 is 0 Å². The molecule has 21 heavy (non-hydrogen) atoms. The third-order valence-corrected chi connectivity index (χ3v) is 3.43. The Kier molecular flexibility index (Phi) is 7.74. The number of amides is 1. The van der Waals surface area contributed by atoms with Crippen molar-refractivity contribution in [2.24, 2.45) is 0 Å². The molecule has 0 N–H and O–H groups in total. The normalized spacial score (nSPS) is 15.6. The van der Waals surface area contributed by atoms with Gasteiger partial charge in [0.15, 0.2) is 0 Å². The fourth-order valence-corrected chi connectivity index (χ4v) is 2.17. The van der Waals surface area contributed by atoms with E-state index in [0.29, 0.717) is 32.7 Å². The van der Waals surface area contributed by atoms with Gasteiger partial charge in [0.1, 0.15) is 0 Å². The molecule has 0 aromatic heterocycles. The molecule has 0 atom stereocenters. The van der Waals surface area contributed by atoms with Crippen LogP contribution >= 0.6 is 0 Å². The maximum atomic E-state index is 12.0. The molecule has 0 aliphatic carbocycles. The number of ether oxygens (including phenoxy) is 2. The van der Waals surface area contributed by atoms with E-state index >= 15 is 0 Å². The van der Waals surface area contributed by atoms with Crippen LogP contribution in [0, 0.1) is 0 Å². The SMILES string of the molecule is CCOC(=O)CCC(=O)N1CCN(CCC(=O)OC)CC1. The molecule has 0 unspecified atom stereocenters. The Morgan fingerprint density at radius 2 is 1.62 bits per heavy atom. The standard InChI is InChI=1S/C14H24N2O5/c1-3-21-14(19)5-4-12(17)16-10-8-15(9-11-16)7-6-13(18)20-2/h3-11H2,1-2H3. The molecule has 0 aromatic carbocycles. The summed E-state index contributed by atoms with van der Waals surface area (Å²) in [6, 6.07) is 0. The van der Waals surface area contributed by atoms with E-state index in [1.54, 1.807) is 11.8 Å². The molecular weight excluding hydrogens is 276 g/mol. The Morgan fingerprint density at radius 3 is 2.19 bits per heavy atom. The summed E-state index contributed by atoms with van der Waals surface area (Å²) in [5.41, 5.74) is 0. The molecule has 1 rings (SSSR count). The van der Waals surface area contributed by atoms with Crippen LogP contribution in [0.4, 0.5) is 0 Å². The fourth-order valence-electron chi connectivity index (χ4n) is 2.17. The van der Waals surface area contributed by atoms with Crippen LogP contribution in [0.1, 0.15) is 26.2 Å². The second-order valence-electron chi connectivity index (χ2n) is 4.85. The minimum atomic E-state index is -0.331. The van der Waals surface area contributed by atoms with Gasteiger partial charge in [-0.1, -0.05) is 0 Å². The number of nitrogens with zero attached hydrogens (tertiary/aromatic N) is 2. The zero-order chi connectivity index (χ0) is 15.7. The molecule has 1 aliphatic heterocycles. The number of hydrogen-bond acceptors (Lipinski definition) is 6. The van der Waals surface area contributed by atoms with Gasteiger partial charge in [0, 0.05) is 39.1 Å². The molecule has 0 radical (unpaired) electrons. The van der Waals surface area contributed by atoms with Crippen molar-refractivity contribution < 1.29 is 23.9 Å². The third-order valence-electron chi connectivity index (χ3n) is 3.43. The minimum absolute atomic E-state index is 0.0179. The van der Waals surface area contributed by atoms with Gasteiger partial charge in [0.25, 0.3) is 0 Å². The van der Waals surface area contributed by atoms with Crippen molar-refractivity contribution in [1.82, 2.24) is 9.80 Å². The predicted molar refractivity (Wildman–Crippen MR) is 75.5 cm³/mol. The maximum absolute atomic E-state index is 12.0. The van der Waals surface area contributed by atoms with Gasteiger partial charge in [-0.15, -0.1) is 0 Å². The molecule has 0 bridgehead atoms. The second kappa shape index (κ2) is 9.33. The summed E-state index contributed by atoms with van der Waals surface area (Å²) in [6.45, 7) is 5.46. The maximum Gasteiger partial charge on any atom is 0.306 e. The largest absolute Gasteiger partial charge is 0.469 e. The van der Waals surface area contributed by atoms with Crippen LogP contribution < -0.4 is 0 Å².